The number of benzene rings is 2. The van der Waals surface area contributed by atoms with Crippen LogP contribution >= 0.6 is 0 Å². The Bertz CT molecular complexity index is 482. The largest absolute Gasteiger partial charge is 0.493 e. The highest BCUT2D eigenvalue weighted by atomic mass is 16.5. The van der Waals surface area contributed by atoms with Gasteiger partial charge in [0.15, 0.2) is 0 Å². The van der Waals surface area contributed by atoms with Crippen LogP contribution in [0.3, 0.4) is 0 Å². The molecule has 0 saturated carbocycles. The highest BCUT2D eigenvalue weighted by molar-refractivity contribution is 5.39. The average molecular weight is 254 g/mol. The second-order valence-electron chi connectivity index (χ2n) is 5.01. The number of hydrogen-bond donors (Lipinski definition) is 0. The van der Waals surface area contributed by atoms with Gasteiger partial charge in [-0.2, -0.15) is 0 Å². The molecule has 0 bridgehead atoms. The standard InChI is InChI=1S/C18H22O/c1-15-9-8-10-16(2)18(15)19-14-7-6-13-17-11-4-3-5-12-17/h3-5,8-12H,6-7,13-14H2,1-2H3. The van der Waals surface area contributed by atoms with Crippen LogP contribution in [0.1, 0.15) is 29.5 Å². The highest BCUT2D eigenvalue weighted by Gasteiger charge is 2.02. The van der Waals surface area contributed by atoms with Crippen LogP contribution < -0.4 is 4.74 Å². The summed E-state index contributed by atoms with van der Waals surface area (Å²) in [6, 6.07) is 16.9. The summed E-state index contributed by atoms with van der Waals surface area (Å²) in [5, 5.41) is 0. The molecule has 0 aliphatic heterocycles. The monoisotopic (exact) mass is 254 g/mol. The quantitative estimate of drug-likeness (QED) is 0.679. The van der Waals surface area contributed by atoms with E-state index in [2.05, 4.69) is 62.4 Å². The van der Waals surface area contributed by atoms with Gasteiger partial charge in [0.1, 0.15) is 5.75 Å². The molecule has 0 amide bonds. The van der Waals surface area contributed by atoms with Crippen LogP contribution in [0.2, 0.25) is 0 Å². The molecule has 19 heavy (non-hydrogen) atoms. The number of para-hydroxylation sites is 1. The van der Waals surface area contributed by atoms with E-state index in [0.717, 1.165) is 25.2 Å². The molecule has 0 saturated heterocycles. The highest BCUT2D eigenvalue weighted by Crippen LogP contribution is 2.22. The first-order valence-electron chi connectivity index (χ1n) is 7.00. The summed E-state index contributed by atoms with van der Waals surface area (Å²) < 4.78 is 5.91. The lowest BCUT2D eigenvalue weighted by Gasteiger charge is -2.11. The van der Waals surface area contributed by atoms with Crippen molar-refractivity contribution in [1.29, 1.82) is 0 Å². The Labute approximate surface area is 116 Å². The average Bonchev–Trinajstić information content (AvgIpc) is 2.42. The molecule has 0 radical (unpaired) electrons. The maximum Gasteiger partial charge on any atom is 0.125 e. The van der Waals surface area contributed by atoms with Gasteiger partial charge in [0.05, 0.1) is 6.61 Å². The van der Waals surface area contributed by atoms with Crippen molar-refractivity contribution >= 4 is 0 Å². The third-order valence-corrected chi connectivity index (χ3v) is 3.36. The van der Waals surface area contributed by atoms with Gasteiger partial charge >= 0.3 is 0 Å². The van der Waals surface area contributed by atoms with Gasteiger partial charge in [-0.1, -0.05) is 48.5 Å². The molecular weight excluding hydrogens is 232 g/mol. The lowest BCUT2D eigenvalue weighted by atomic mass is 10.1. The van der Waals surface area contributed by atoms with Crippen LogP contribution in [0.5, 0.6) is 5.75 Å². The van der Waals surface area contributed by atoms with Crippen molar-refractivity contribution in [2.75, 3.05) is 6.61 Å². The van der Waals surface area contributed by atoms with E-state index in [-0.39, 0.29) is 0 Å². The lowest BCUT2D eigenvalue weighted by molar-refractivity contribution is 0.303. The molecule has 0 atom stereocenters. The van der Waals surface area contributed by atoms with Crippen LogP contribution in [-0.2, 0) is 6.42 Å². The SMILES string of the molecule is Cc1cccc(C)c1OCCCCc1ccccc1. The number of aryl methyl sites for hydroxylation is 3. The number of unbranched alkanes of at least 4 members (excludes halogenated alkanes) is 1. The van der Waals surface area contributed by atoms with Crippen LogP contribution in [0.4, 0.5) is 0 Å². The molecule has 2 aromatic rings. The third-order valence-electron chi connectivity index (χ3n) is 3.36. The Hall–Kier alpha value is -1.76. The minimum Gasteiger partial charge on any atom is -0.493 e. The zero-order valence-electron chi connectivity index (χ0n) is 11.9. The van der Waals surface area contributed by atoms with Gasteiger partial charge in [-0.15, -0.1) is 0 Å². The predicted octanol–water partition coefficient (Wildman–Crippen LogP) is 4.71. The summed E-state index contributed by atoms with van der Waals surface area (Å²) in [5.41, 5.74) is 3.86. The molecule has 0 spiro atoms. The zero-order chi connectivity index (χ0) is 13.5. The Morgan fingerprint density at radius 2 is 1.47 bits per heavy atom. The van der Waals surface area contributed by atoms with E-state index in [4.69, 9.17) is 4.74 Å². The third kappa shape index (κ3) is 4.13. The van der Waals surface area contributed by atoms with Crippen LogP contribution in [0, 0.1) is 13.8 Å². The van der Waals surface area contributed by atoms with Gasteiger partial charge in [-0.05, 0) is 49.8 Å². The fraction of sp³-hybridized carbons (Fsp3) is 0.333. The molecule has 0 heterocycles. The molecule has 1 nitrogen and oxygen atoms in total. The van der Waals surface area contributed by atoms with Crippen molar-refractivity contribution in [3.8, 4) is 5.75 Å². The maximum absolute atomic E-state index is 5.91. The van der Waals surface area contributed by atoms with Crippen LogP contribution in [0.25, 0.3) is 0 Å². The second-order valence-corrected chi connectivity index (χ2v) is 5.01. The van der Waals surface area contributed by atoms with Gasteiger partial charge in [0.25, 0.3) is 0 Å². The van der Waals surface area contributed by atoms with Crippen molar-refractivity contribution in [2.24, 2.45) is 0 Å². The molecule has 0 aliphatic rings. The first kappa shape index (κ1) is 13.7. The minimum absolute atomic E-state index is 0.804. The summed E-state index contributed by atoms with van der Waals surface area (Å²) in [5.74, 6) is 1.06. The first-order chi connectivity index (χ1) is 9.27. The number of ether oxygens (including phenoxy) is 1. The van der Waals surface area contributed by atoms with Crippen molar-refractivity contribution < 1.29 is 4.74 Å². The summed E-state index contributed by atoms with van der Waals surface area (Å²) in [7, 11) is 0. The van der Waals surface area contributed by atoms with E-state index < -0.39 is 0 Å². The fourth-order valence-electron chi connectivity index (χ4n) is 2.28. The van der Waals surface area contributed by atoms with E-state index in [1.54, 1.807) is 0 Å². The van der Waals surface area contributed by atoms with Gasteiger partial charge in [-0.3, -0.25) is 0 Å². The molecular formula is C18H22O. The normalized spacial score (nSPS) is 10.4. The Morgan fingerprint density at radius 3 is 2.16 bits per heavy atom. The molecule has 0 fully saturated rings. The number of rotatable bonds is 6. The molecule has 0 unspecified atom stereocenters. The topological polar surface area (TPSA) is 9.23 Å². The number of hydrogen-bond acceptors (Lipinski definition) is 1. The summed E-state index contributed by atoms with van der Waals surface area (Å²) in [6.45, 7) is 5.01. The molecule has 2 aromatic carbocycles. The first-order valence-corrected chi connectivity index (χ1v) is 7.00. The van der Waals surface area contributed by atoms with E-state index in [1.807, 2.05) is 0 Å². The summed E-state index contributed by atoms with van der Waals surface area (Å²) in [6.07, 6.45) is 3.41. The van der Waals surface area contributed by atoms with E-state index in [0.29, 0.717) is 0 Å². The summed E-state index contributed by atoms with van der Waals surface area (Å²) in [4.78, 5) is 0. The lowest BCUT2D eigenvalue weighted by Crippen LogP contribution is -2.01. The minimum atomic E-state index is 0.804. The predicted molar refractivity (Wildman–Crippen MR) is 80.8 cm³/mol. The Balaban J connectivity index is 1.73. The molecule has 1 heteroatoms. The van der Waals surface area contributed by atoms with Gasteiger partial charge in [0, 0.05) is 0 Å². The summed E-state index contributed by atoms with van der Waals surface area (Å²) >= 11 is 0. The molecule has 2 rings (SSSR count). The van der Waals surface area contributed by atoms with Crippen LogP contribution in [-0.4, -0.2) is 6.61 Å². The van der Waals surface area contributed by atoms with Gasteiger partial charge in [0.2, 0.25) is 0 Å². The molecule has 0 N–H and O–H groups in total. The van der Waals surface area contributed by atoms with Crippen LogP contribution in [0.15, 0.2) is 48.5 Å². The van der Waals surface area contributed by atoms with Gasteiger partial charge < -0.3 is 4.74 Å². The Morgan fingerprint density at radius 1 is 0.789 bits per heavy atom. The Kier molecular flexibility index (Phi) is 5.02. The zero-order valence-corrected chi connectivity index (χ0v) is 11.9. The van der Waals surface area contributed by atoms with Crippen molar-refractivity contribution in [1.82, 2.24) is 0 Å². The molecule has 100 valence electrons. The van der Waals surface area contributed by atoms with Crippen molar-refractivity contribution in [3.63, 3.8) is 0 Å². The molecule has 0 aromatic heterocycles. The fourth-order valence-corrected chi connectivity index (χ4v) is 2.28. The van der Waals surface area contributed by atoms with Gasteiger partial charge in [-0.25, -0.2) is 0 Å². The van der Waals surface area contributed by atoms with Crippen molar-refractivity contribution in [3.05, 3.63) is 65.2 Å². The van der Waals surface area contributed by atoms with E-state index in [9.17, 15) is 0 Å². The maximum atomic E-state index is 5.91. The smallest absolute Gasteiger partial charge is 0.125 e. The second kappa shape index (κ2) is 6.98. The molecule has 0 aliphatic carbocycles. The van der Waals surface area contributed by atoms with E-state index >= 15 is 0 Å². The van der Waals surface area contributed by atoms with Crippen molar-refractivity contribution in [2.45, 2.75) is 33.1 Å². The van der Waals surface area contributed by atoms with E-state index in [1.165, 1.54) is 23.1 Å².